The Morgan fingerprint density at radius 3 is 2.48 bits per heavy atom. The van der Waals surface area contributed by atoms with E-state index in [0.29, 0.717) is 24.3 Å². The van der Waals surface area contributed by atoms with Crippen LogP contribution in [0.1, 0.15) is 32.8 Å². The van der Waals surface area contributed by atoms with Gasteiger partial charge in [-0.1, -0.05) is 6.07 Å². The minimum absolute atomic E-state index is 0.0300. The summed E-state index contributed by atoms with van der Waals surface area (Å²) in [5.74, 6) is -0.408. The van der Waals surface area contributed by atoms with Crippen molar-refractivity contribution >= 4 is 17.8 Å². The van der Waals surface area contributed by atoms with Gasteiger partial charge in [-0.2, -0.15) is 0 Å². The predicted molar refractivity (Wildman–Crippen MR) is 115 cm³/mol. The van der Waals surface area contributed by atoms with Gasteiger partial charge in [0, 0.05) is 30.5 Å². The van der Waals surface area contributed by atoms with E-state index < -0.39 is 11.4 Å². The van der Waals surface area contributed by atoms with E-state index in [1.807, 2.05) is 45.9 Å². The number of pyridine rings is 1. The van der Waals surface area contributed by atoms with Gasteiger partial charge in [-0.3, -0.25) is 4.98 Å². The first-order chi connectivity index (χ1) is 14.6. The van der Waals surface area contributed by atoms with Crippen LogP contribution < -0.4 is 5.32 Å². The number of rotatable bonds is 2. The van der Waals surface area contributed by atoms with Crippen molar-refractivity contribution in [1.82, 2.24) is 14.8 Å². The van der Waals surface area contributed by atoms with E-state index in [0.717, 1.165) is 23.7 Å². The van der Waals surface area contributed by atoms with Crippen LogP contribution in [0.25, 0.3) is 11.1 Å². The fraction of sp³-hybridized carbons (Fsp3) is 0.435. The van der Waals surface area contributed by atoms with Crippen LogP contribution in [0.2, 0.25) is 0 Å². The van der Waals surface area contributed by atoms with E-state index in [1.165, 1.54) is 6.07 Å². The zero-order chi connectivity index (χ0) is 22.3. The summed E-state index contributed by atoms with van der Waals surface area (Å²) in [5, 5.41) is 2.94. The van der Waals surface area contributed by atoms with Crippen LogP contribution >= 0.6 is 0 Å². The fourth-order valence-corrected chi connectivity index (χ4v) is 4.23. The fourth-order valence-electron chi connectivity index (χ4n) is 4.23. The normalized spacial score (nSPS) is 20.2. The summed E-state index contributed by atoms with van der Waals surface area (Å²) >= 11 is 0. The molecule has 164 valence electrons. The van der Waals surface area contributed by atoms with Crippen molar-refractivity contribution in [3.05, 3.63) is 48.0 Å². The zero-order valence-electron chi connectivity index (χ0n) is 18.2. The number of ether oxygens (including phenoxy) is 1. The third-order valence-electron chi connectivity index (χ3n) is 5.63. The topological polar surface area (TPSA) is 74.8 Å². The Hall–Kier alpha value is -3.16. The molecule has 8 heteroatoms. The number of carbonyl (C=O) groups is 2. The highest BCUT2D eigenvalue weighted by molar-refractivity contribution is 5.91. The molecule has 2 atom stereocenters. The summed E-state index contributed by atoms with van der Waals surface area (Å²) in [4.78, 5) is 32.7. The van der Waals surface area contributed by atoms with Crippen molar-refractivity contribution in [3.8, 4) is 11.1 Å². The molecule has 0 radical (unpaired) electrons. The Morgan fingerprint density at radius 1 is 1.13 bits per heavy atom. The smallest absolute Gasteiger partial charge is 0.410 e. The van der Waals surface area contributed by atoms with Crippen LogP contribution in [-0.4, -0.2) is 57.7 Å². The largest absolute Gasteiger partial charge is 0.444 e. The van der Waals surface area contributed by atoms with Gasteiger partial charge in [-0.25, -0.2) is 14.0 Å². The molecule has 2 aromatic rings. The molecule has 2 fully saturated rings. The number of urea groups is 1. The maximum absolute atomic E-state index is 13.6. The van der Waals surface area contributed by atoms with Crippen LogP contribution in [0.15, 0.2) is 36.7 Å². The van der Waals surface area contributed by atoms with Crippen LogP contribution in [0, 0.1) is 12.7 Å². The van der Waals surface area contributed by atoms with Gasteiger partial charge in [0.05, 0.1) is 18.3 Å². The van der Waals surface area contributed by atoms with Gasteiger partial charge in [-0.15, -0.1) is 0 Å². The summed E-state index contributed by atoms with van der Waals surface area (Å²) in [7, 11) is 0. The van der Waals surface area contributed by atoms with Gasteiger partial charge in [-0.05, 0) is 63.4 Å². The van der Waals surface area contributed by atoms with E-state index >= 15 is 0 Å². The number of likely N-dealkylation sites (tertiary alicyclic amines) is 2. The number of halogens is 1. The number of benzene rings is 1. The van der Waals surface area contributed by atoms with Gasteiger partial charge in [0.2, 0.25) is 0 Å². The number of nitrogens with one attached hydrogen (secondary N) is 1. The molecule has 4 rings (SSSR count). The third-order valence-corrected chi connectivity index (χ3v) is 5.63. The standard InChI is InChI=1S/C23H27FN4O3/c1-14-5-6-17(8-20(14)15-7-16(24)11-25-10-15)26-21(29)27-12-19-9-18(27)13-28(19)22(30)31-23(2,3)4/h5-8,10-11,18-19H,9,12-13H2,1-4H3,(H,26,29)/t18-,19-/m1/s1. The second-order valence-electron chi connectivity index (χ2n) is 9.18. The number of aryl methyl sites for hydroxylation is 1. The number of amides is 3. The molecular weight excluding hydrogens is 399 g/mol. The number of nitrogens with zero attached hydrogens (tertiary/aromatic N) is 3. The van der Waals surface area contributed by atoms with Crippen molar-refractivity contribution < 1.29 is 18.7 Å². The highest BCUT2D eigenvalue weighted by Crippen LogP contribution is 2.33. The van der Waals surface area contributed by atoms with Crippen molar-refractivity contribution in [2.24, 2.45) is 0 Å². The number of hydrogen-bond donors (Lipinski definition) is 1. The summed E-state index contributed by atoms with van der Waals surface area (Å²) in [6.45, 7) is 8.40. The summed E-state index contributed by atoms with van der Waals surface area (Å²) < 4.78 is 19.1. The Labute approximate surface area is 181 Å². The Kier molecular flexibility index (Phi) is 5.33. The van der Waals surface area contributed by atoms with E-state index in [2.05, 4.69) is 10.3 Å². The second kappa shape index (κ2) is 7.83. The molecule has 31 heavy (non-hydrogen) atoms. The lowest BCUT2D eigenvalue weighted by molar-refractivity contribution is 0.0156. The highest BCUT2D eigenvalue weighted by Gasteiger charge is 2.48. The Morgan fingerprint density at radius 2 is 1.84 bits per heavy atom. The molecule has 3 heterocycles. The number of carbonyl (C=O) groups excluding carboxylic acids is 2. The minimum atomic E-state index is -0.545. The molecule has 3 amide bonds. The average Bonchev–Trinajstić information content (AvgIpc) is 3.29. The number of hydrogen-bond acceptors (Lipinski definition) is 4. The number of piperazine rings is 1. The first-order valence-electron chi connectivity index (χ1n) is 10.4. The average molecular weight is 426 g/mol. The van der Waals surface area contributed by atoms with Crippen LogP contribution in [0.5, 0.6) is 0 Å². The van der Waals surface area contributed by atoms with Crippen LogP contribution in [-0.2, 0) is 4.74 Å². The van der Waals surface area contributed by atoms with Crippen molar-refractivity contribution in [2.45, 2.75) is 51.8 Å². The quantitative estimate of drug-likeness (QED) is 0.771. The molecule has 2 aliphatic rings. The molecule has 0 spiro atoms. The molecule has 0 aliphatic carbocycles. The number of aromatic nitrogens is 1. The highest BCUT2D eigenvalue weighted by atomic mass is 19.1. The molecule has 1 aromatic heterocycles. The lowest BCUT2D eigenvalue weighted by atomic mass is 10.0. The molecule has 0 unspecified atom stereocenters. The van der Waals surface area contributed by atoms with E-state index in [4.69, 9.17) is 4.74 Å². The maximum atomic E-state index is 13.6. The molecule has 2 aliphatic heterocycles. The van der Waals surface area contributed by atoms with Gasteiger partial charge in [0.1, 0.15) is 11.4 Å². The second-order valence-corrected chi connectivity index (χ2v) is 9.18. The Bertz CT molecular complexity index is 1020. The molecule has 7 nitrogen and oxygen atoms in total. The van der Waals surface area contributed by atoms with E-state index in [1.54, 1.807) is 16.0 Å². The van der Waals surface area contributed by atoms with Crippen LogP contribution in [0.3, 0.4) is 0 Å². The lowest BCUT2D eigenvalue weighted by Crippen LogP contribution is -2.52. The van der Waals surface area contributed by atoms with Gasteiger partial charge in [0.15, 0.2) is 0 Å². The summed E-state index contributed by atoms with van der Waals surface area (Å²) in [5.41, 5.74) is 2.50. The molecule has 1 N–H and O–H groups in total. The van der Waals surface area contributed by atoms with Gasteiger partial charge >= 0.3 is 12.1 Å². The van der Waals surface area contributed by atoms with Gasteiger partial charge < -0.3 is 19.9 Å². The number of fused-ring (bicyclic) bond motifs is 2. The summed E-state index contributed by atoms with van der Waals surface area (Å²) in [6, 6.07) is 6.69. The first-order valence-corrected chi connectivity index (χ1v) is 10.4. The molecular formula is C23H27FN4O3. The molecule has 0 saturated carbocycles. The monoisotopic (exact) mass is 426 g/mol. The minimum Gasteiger partial charge on any atom is -0.444 e. The van der Waals surface area contributed by atoms with Crippen molar-refractivity contribution in [2.75, 3.05) is 18.4 Å². The SMILES string of the molecule is Cc1ccc(NC(=O)N2C[C@H]3C[C@@H]2CN3C(=O)OC(C)(C)C)cc1-c1cncc(F)c1. The predicted octanol–water partition coefficient (Wildman–Crippen LogP) is 4.42. The van der Waals surface area contributed by atoms with Gasteiger partial charge in [0.25, 0.3) is 0 Å². The summed E-state index contributed by atoms with van der Waals surface area (Å²) in [6.07, 6.45) is 3.18. The first kappa shape index (κ1) is 21.1. The molecule has 2 saturated heterocycles. The lowest BCUT2D eigenvalue weighted by Gasteiger charge is -2.35. The molecule has 1 aromatic carbocycles. The van der Waals surface area contributed by atoms with E-state index in [9.17, 15) is 14.0 Å². The third kappa shape index (κ3) is 4.47. The van der Waals surface area contributed by atoms with E-state index in [-0.39, 0.29) is 24.2 Å². The van der Waals surface area contributed by atoms with Crippen LogP contribution in [0.4, 0.5) is 19.7 Å². The van der Waals surface area contributed by atoms with Crippen molar-refractivity contribution in [1.29, 1.82) is 0 Å². The Balaban J connectivity index is 1.43. The van der Waals surface area contributed by atoms with Crippen molar-refractivity contribution in [3.63, 3.8) is 0 Å². The zero-order valence-corrected chi connectivity index (χ0v) is 18.2. The molecule has 2 bridgehead atoms. The number of anilines is 1. The maximum Gasteiger partial charge on any atom is 0.410 e.